The second-order valence-electron chi connectivity index (χ2n) is 2.65. The van der Waals surface area contributed by atoms with Crippen molar-refractivity contribution in [2.45, 2.75) is 6.92 Å². The quantitative estimate of drug-likeness (QED) is 0.719. The fourth-order valence-corrected chi connectivity index (χ4v) is 0.997. The summed E-state index contributed by atoms with van der Waals surface area (Å²) in [5.74, 6) is -0.737. The van der Waals surface area contributed by atoms with E-state index in [1.165, 1.54) is 6.20 Å². The highest BCUT2D eigenvalue weighted by Gasteiger charge is 2.14. The molecule has 0 radical (unpaired) electrons. The van der Waals surface area contributed by atoms with Crippen LogP contribution in [0.25, 0.3) is 11.5 Å². The minimum absolute atomic E-state index is 0.00222. The second kappa shape index (κ2) is 2.95. The summed E-state index contributed by atoms with van der Waals surface area (Å²) in [6.07, 6.45) is 1.21. The summed E-state index contributed by atoms with van der Waals surface area (Å²) < 4.78 is 4.46. The van der Waals surface area contributed by atoms with Crippen LogP contribution in [0.4, 0.5) is 0 Å². The molecular weight excluding hydrogens is 188 g/mol. The molecule has 7 nitrogen and oxygen atoms in total. The number of carboxylic acids is 1. The monoisotopic (exact) mass is 194 g/mol. The Kier molecular flexibility index (Phi) is 1.77. The zero-order valence-electron chi connectivity index (χ0n) is 7.18. The fraction of sp³-hybridized carbons (Fsp3) is 0.143. The van der Waals surface area contributed by atoms with E-state index in [1.54, 1.807) is 6.92 Å². The highest BCUT2D eigenvalue weighted by atomic mass is 16.6. The molecule has 0 aromatic carbocycles. The number of carbonyl (C=O) groups is 1. The molecule has 72 valence electrons. The van der Waals surface area contributed by atoms with Crippen molar-refractivity contribution in [2.24, 2.45) is 0 Å². The van der Waals surface area contributed by atoms with Crippen molar-refractivity contribution in [3.8, 4) is 11.5 Å². The van der Waals surface area contributed by atoms with Crippen molar-refractivity contribution in [3.63, 3.8) is 0 Å². The van der Waals surface area contributed by atoms with E-state index in [-0.39, 0.29) is 5.69 Å². The van der Waals surface area contributed by atoms with Gasteiger partial charge in [-0.15, -0.1) is 0 Å². The van der Waals surface area contributed by atoms with Crippen molar-refractivity contribution in [2.75, 3.05) is 0 Å². The lowest BCUT2D eigenvalue weighted by atomic mass is 10.3. The van der Waals surface area contributed by atoms with E-state index in [1.807, 2.05) is 0 Å². The number of aromatic carboxylic acids is 1. The molecule has 7 heteroatoms. The number of hydrogen-bond acceptors (Lipinski definition) is 5. The van der Waals surface area contributed by atoms with E-state index < -0.39 is 5.97 Å². The molecular formula is C7H6N4O3. The molecule has 14 heavy (non-hydrogen) atoms. The van der Waals surface area contributed by atoms with Crippen LogP contribution in [0.3, 0.4) is 0 Å². The Morgan fingerprint density at radius 1 is 1.57 bits per heavy atom. The summed E-state index contributed by atoms with van der Waals surface area (Å²) >= 11 is 0. The van der Waals surface area contributed by atoms with Crippen LogP contribution >= 0.6 is 0 Å². The number of imidazole rings is 1. The van der Waals surface area contributed by atoms with Crippen LogP contribution < -0.4 is 0 Å². The molecule has 0 saturated heterocycles. The summed E-state index contributed by atoms with van der Waals surface area (Å²) in [6.45, 7) is 1.69. The Bertz CT molecular complexity index is 473. The van der Waals surface area contributed by atoms with Crippen LogP contribution in [0.5, 0.6) is 0 Å². The molecule has 0 unspecified atom stereocenters. The van der Waals surface area contributed by atoms with Crippen molar-refractivity contribution < 1.29 is 14.5 Å². The van der Waals surface area contributed by atoms with Crippen LogP contribution in [-0.2, 0) is 0 Å². The maximum Gasteiger partial charge on any atom is 0.353 e. The number of carboxylic acid groups (broad SMARTS) is 1. The summed E-state index contributed by atoms with van der Waals surface area (Å²) in [5, 5.41) is 15.8. The number of aryl methyl sites for hydroxylation is 1. The Balaban J connectivity index is 2.43. The van der Waals surface area contributed by atoms with E-state index >= 15 is 0 Å². The van der Waals surface area contributed by atoms with E-state index in [9.17, 15) is 4.79 Å². The van der Waals surface area contributed by atoms with Crippen LogP contribution in [0.15, 0.2) is 10.8 Å². The zero-order chi connectivity index (χ0) is 10.1. The first kappa shape index (κ1) is 8.42. The van der Waals surface area contributed by atoms with Gasteiger partial charge in [0.2, 0.25) is 0 Å². The first-order valence-electron chi connectivity index (χ1n) is 3.76. The average molecular weight is 194 g/mol. The molecule has 2 aromatic heterocycles. The van der Waals surface area contributed by atoms with Crippen LogP contribution in [0, 0.1) is 6.92 Å². The molecule has 0 aliphatic rings. The van der Waals surface area contributed by atoms with Crippen molar-refractivity contribution in [3.05, 3.63) is 17.6 Å². The first-order valence-corrected chi connectivity index (χ1v) is 3.76. The Labute approximate surface area is 77.7 Å². The third kappa shape index (κ3) is 1.24. The normalized spacial score (nSPS) is 10.4. The first-order chi connectivity index (χ1) is 6.68. The molecule has 0 atom stereocenters. The molecule has 0 amide bonds. The number of nitrogens with one attached hydrogen (secondary N) is 1. The molecule has 0 aliphatic heterocycles. The molecule has 2 N–H and O–H groups in total. The lowest BCUT2D eigenvalue weighted by molar-refractivity contribution is 0.0691. The standard InChI is InChI=1S/C7H6N4O3/c1-3-5(11-14-10-3)6-8-2-4(9-6)7(12)13/h2H,1H3,(H,8,9)(H,12,13). The van der Waals surface area contributed by atoms with Gasteiger partial charge in [0, 0.05) is 0 Å². The lowest BCUT2D eigenvalue weighted by Gasteiger charge is -1.87. The third-order valence-corrected chi connectivity index (χ3v) is 1.68. The molecule has 0 saturated carbocycles. The number of aromatic amines is 1. The highest BCUT2D eigenvalue weighted by molar-refractivity contribution is 5.85. The van der Waals surface area contributed by atoms with Gasteiger partial charge in [0.1, 0.15) is 11.4 Å². The topological polar surface area (TPSA) is 105 Å². The Morgan fingerprint density at radius 3 is 2.86 bits per heavy atom. The molecule has 0 spiro atoms. The number of rotatable bonds is 2. The lowest BCUT2D eigenvalue weighted by Crippen LogP contribution is -1.95. The highest BCUT2D eigenvalue weighted by Crippen LogP contribution is 2.15. The molecule has 0 aliphatic carbocycles. The van der Waals surface area contributed by atoms with Crippen LogP contribution in [0.1, 0.15) is 16.2 Å². The maximum absolute atomic E-state index is 10.5. The van der Waals surface area contributed by atoms with E-state index in [0.29, 0.717) is 17.2 Å². The molecule has 0 bridgehead atoms. The van der Waals surface area contributed by atoms with Gasteiger partial charge < -0.3 is 10.1 Å². The minimum Gasteiger partial charge on any atom is -0.477 e. The Morgan fingerprint density at radius 2 is 2.36 bits per heavy atom. The summed E-state index contributed by atoms with van der Waals surface area (Å²) in [4.78, 5) is 17.0. The number of H-pyrrole nitrogens is 1. The third-order valence-electron chi connectivity index (χ3n) is 1.68. The van der Waals surface area contributed by atoms with Gasteiger partial charge in [-0.25, -0.2) is 14.4 Å². The molecule has 2 heterocycles. The number of hydrogen-bond donors (Lipinski definition) is 2. The minimum atomic E-state index is -1.07. The van der Waals surface area contributed by atoms with Gasteiger partial charge in [0.15, 0.2) is 11.5 Å². The zero-order valence-corrected chi connectivity index (χ0v) is 7.18. The van der Waals surface area contributed by atoms with E-state index in [4.69, 9.17) is 5.11 Å². The summed E-state index contributed by atoms with van der Waals surface area (Å²) in [5.41, 5.74) is 0.969. The van der Waals surface area contributed by atoms with Crippen LogP contribution in [0.2, 0.25) is 0 Å². The van der Waals surface area contributed by atoms with Gasteiger partial charge in [-0.05, 0) is 12.1 Å². The summed E-state index contributed by atoms with van der Waals surface area (Å²) in [7, 11) is 0. The maximum atomic E-state index is 10.5. The predicted octanol–water partition coefficient (Wildman–Crippen LogP) is 0.466. The number of aromatic nitrogens is 4. The average Bonchev–Trinajstić information content (AvgIpc) is 2.71. The van der Waals surface area contributed by atoms with Gasteiger partial charge in [0.05, 0.1) is 6.20 Å². The smallest absolute Gasteiger partial charge is 0.353 e. The van der Waals surface area contributed by atoms with Gasteiger partial charge in [-0.3, -0.25) is 0 Å². The molecule has 2 rings (SSSR count). The van der Waals surface area contributed by atoms with Gasteiger partial charge >= 0.3 is 5.97 Å². The fourth-order valence-electron chi connectivity index (χ4n) is 0.997. The van der Waals surface area contributed by atoms with Gasteiger partial charge in [-0.2, -0.15) is 0 Å². The van der Waals surface area contributed by atoms with E-state index in [2.05, 4.69) is 24.9 Å². The van der Waals surface area contributed by atoms with Crippen molar-refractivity contribution >= 4 is 5.97 Å². The van der Waals surface area contributed by atoms with Crippen molar-refractivity contribution in [1.29, 1.82) is 0 Å². The summed E-state index contributed by atoms with van der Waals surface area (Å²) in [6, 6.07) is 0. The van der Waals surface area contributed by atoms with Crippen LogP contribution in [-0.4, -0.2) is 31.4 Å². The van der Waals surface area contributed by atoms with E-state index in [0.717, 1.165) is 0 Å². The second-order valence-corrected chi connectivity index (χ2v) is 2.65. The van der Waals surface area contributed by atoms with Gasteiger partial charge in [-0.1, -0.05) is 5.16 Å². The largest absolute Gasteiger partial charge is 0.477 e. The molecule has 2 aromatic rings. The Hall–Kier alpha value is -2.18. The van der Waals surface area contributed by atoms with Gasteiger partial charge in [0.25, 0.3) is 0 Å². The SMILES string of the molecule is Cc1nonc1-c1ncc(C(=O)O)[nH]1. The number of nitrogens with zero attached hydrogens (tertiary/aromatic N) is 3. The molecule has 0 fully saturated rings. The van der Waals surface area contributed by atoms with Crippen molar-refractivity contribution in [1.82, 2.24) is 20.3 Å². The predicted molar refractivity (Wildman–Crippen MR) is 43.6 cm³/mol.